The predicted octanol–water partition coefficient (Wildman–Crippen LogP) is 17.7. The lowest BCUT2D eigenvalue weighted by molar-refractivity contribution is 0.713. The average Bonchev–Trinajstić information content (AvgIpc) is 3.68. The maximum Gasteiger partial charge on any atom is 0.0677 e. The molecular formula is C65H49N. The Morgan fingerprint density at radius 2 is 1.11 bits per heavy atom. The molecule has 0 amide bonds. The van der Waals surface area contributed by atoms with Gasteiger partial charge in [0.05, 0.1) is 5.41 Å². The van der Waals surface area contributed by atoms with Crippen molar-refractivity contribution in [1.82, 2.24) is 0 Å². The molecule has 10 aromatic rings. The Balaban J connectivity index is 1.11. The zero-order valence-electron chi connectivity index (χ0n) is 37.2. The molecule has 0 saturated heterocycles. The fraction of sp³-hybridized carbons (Fsp3) is 0.0769. The lowest BCUT2D eigenvalue weighted by Crippen LogP contribution is -2.30. The van der Waals surface area contributed by atoms with Crippen LogP contribution in [0.15, 0.2) is 248 Å². The second-order valence-electron chi connectivity index (χ2n) is 17.8. The molecule has 0 bridgehead atoms. The highest BCUT2D eigenvalue weighted by molar-refractivity contribution is 6.14. The molecule has 1 heteroatoms. The van der Waals surface area contributed by atoms with E-state index in [4.69, 9.17) is 0 Å². The zero-order valence-corrected chi connectivity index (χ0v) is 37.2. The van der Waals surface area contributed by atoms with Gasteiger partial charge in [0.25, 0.3) is 0 Å². The third-order valence-electron chi connectivity index (χ3n) is 14.3. The van der Waals surface area contributed by atoms with Gasteiger partial charge in [0.2, 0.25) is 0 Å². The molecule has 1 atom stereocenters. The fourth-order valence-electron chi connectivity index (χ4n) is 11.5. The maximum absolute atomic E-state index is 4.24. The Labute approximate surface area is 387 Å². The summed E-state index contributed by atoms with van der Waals surface area (Å²) in [6.45, 7) is 6.53. The van der Waals surface area contributed by atoms with Crippen molar-refractivity contribution >= 4 is 60.0 Å². The van der Waals surface area contributed by atoms with Gasteiger partial charge in [-0.25, -0.2) is 0 Å². The van der Waals surface area contributed by atoms with Crippen molar-refractivity contribution in [1.29, 1.82) is 0 Å². The molecular weight excluding hydrogens is 795 g/mol. The first-order valence-electron chi connectivity index (χ1n) is 23.4. The van der Waals surface area contributed by atoms with Gasteiger partial charge in [-0.15, -0.1) is 0 Å². The highest BCUT2D eigenvalue weighted by Gasteiger charge is 2.47. The molecule has 66 heavy (non-hydrogen) atoms. The van der Waals surface area contributed by atoms with Crippen molar-refractivity contribution in [3.8, 4) is 22.3 Å². The number of hydrogen-bond donors (Lipinski definition) is 0. The van der Waals surface area contributed by atoms with Crippen molar-refractivity contribution in [2.45, 2.75) is 31.6 Å². The van der Waals surface area contributed by atoms with E-state index >= 15 is 0 Å². The third kappa shape index (κ3) is 6.22. The molecule has 314 valence electrons. The molecule has 12 rings (SSSR count). The van der Waals surface area contributed by atoms with Gasteiger partial charge in [0.15, 0.2) is 0 Å². The van der Waals surface area contributed by atoms with E-state index in [-0.39, 0.29) is 0 Å². The van der Waals surface area contributed by atoms with E-state index in [1.165, 1.54) is 104 Å². The molecule has 0 aromatic heterocycles. The highest BCUT2D eigenvalue weighted by Crippen LogP contribution is 2.58. The molecule has 0 heterocycles. The first-order valence-corrected chi connectivity index (χ1v) is 23.4. The summed E-state index contributed by atoms with van der Waals surface area (Å²) < 4.78 is 0. The molecule has 0 spiro atoms. The van der Waals surface area contributed by atoms with E-state index in [9.17, 15) is 0 Å². The van der Waals surface area contributed by atoms with Gasteiger partial charge >= 0.3 is 0 Å². The second-order valence-corrected chi connectivity index (χ2v) is 17.8. The van der Waals surface area contributed by atoms with Gasteiger partial charge in [-0.1, -0.05) is 207 Å². The van der Waals surface area contributed by atoms with Crippen LogP contribution in [0.25, 0.3) is 70.9 Å². The third-order valence-corrected chi connectivity index (χ3v) is 14.3. The summed E-state index contributed by atoms with van der Waals surface area (Å²) in [6, 6.07) is 76.8. The fourth-order valence-corrected chi connectivity index (χ4v) is 11.5. The first kappa shape index (κ1) is 39.6. The first-order chi connectivity index (χ1) is 32.6. The van der Waals surface area contributed by atoms with Gasteiger partial charge in [0, 0.05) is 17.1 Å². The van der Waals surface area contributed by atoms with Gasteiger partial charge in [-0.3, -0.25) is 0 Å². The molecule has 2 aliphatic carbocycles. The number of nitrogens with zero attached hydrogens (tertiary/aromatic N) is 1. The van der Waals surface area contributed by atoms with Crippen molar-refractivity contribution in [2.24, 2.45) is 0 Å². The SMILES string of the molecule is C=C/C=C(\CC)C1(c2ccccc2)c2ccccc2-c2ccc(N(C3=CCCC(c4cc5ccccc5c5ccccc45)=C3)c3cccc(-c4cc5ccccc5c5ccccc45)c3)cc21. The summed E-state index contributed by atoms with van der Waals surface area (Å²) in [5.74, 6) is 0. The Bertz CT molecular complexity index is 3660. The van der Waals surface area contributed by atoms with Gasteiger partial charge < -0.3 is 4.90 Å². The van der Waals surface area contributed by atoms with Crippen LogP contribution in [0.5, 0.6) is 0 Å². The minimum Gasteiger partial charge on any atom is -0.311 e. The maximum atomic E-state index is 4.24. The van der Waals surface area contributed by atoms with Crippen LogP contribution in [-0.4, -0.2) is 0 Å². The van der Waals surface area contributed by atoms with Crippen LogP contribution in [-0.2, 0) is 5.41 Å². The van der Waals surface area contributed by atoms with Crippen molar-refractivity contribution < 1.29 is 0 Å². The van der Waals surface area contributed by atoms with Crippen LogP contribution in [0, 0.1) is 0 Å². The number of anilines is 2. The molecule has 1 nitrogen and oxygen atoms in total. The lowest BCUT2D eigenvalue weighted by atomic mass is 9.66. The number of allylic oxidation sites excluding steroid dienone is 6. The molecule has 1 unspecified atom stereocenters. The Hall–Kier alpha value is -8.00. The second kappa shape index (κ2) is 16.2. The normalized spacial score (nSPS) is 15.7. The molecule has 2 aliphatic rings. The molecule has 0 radical (unpaired) electrons. The predicted molar refractivity (Wildman–Crippen MR) is 283 cm³/mol. The van der Waals surface area contributed by atoms with Crippen LogP contribution < -0.4 is 4.90 Å². The van der Waals surface area contributed by atoms with Gasteiger partial charge in [-0.2, -0.15) is 0 Å². The standard InChI is InChI=1S/C65H49N/c1-3-20-48(4-2)65(49-25-6-5-7-26-49)63-36-17-16-35-59(63)60-38-37-52(43-64(60)65)66(50-27-18-23-44(39-50)61-41-46-21-8-10-29-53(46)55-31-12-14-33-57(55)61)51-28-19-24-45(40-51)62-42-47-22-9-11-30-54(47)56-32-13-15-34-58(56)62/h3,5-18,20-23,25-43H,1,4,19,24H2,2H3/b48-20+. The van der Waals surface area contributed by atoms with Crippen LogP contribution in [0.4, 0.5) is 11.4 Å². The molecule has 0 aliphatic heterocycles. The average molecular weight is 844 g/mol. The zero-order chi connectivity index (χ0) is 44.2. The molecule has 0 N–H and O–H groups in total. The highest BCUT2D eigenvalue weighted by atomic mass is 15.1. The minimum atomic E-state index is -0.504. The molecule has 0 saturated carbocycles. The largest absolute Gasteiger partial charge is 0.311 e. The van der Waals surface area contributed by atoms with E-state index in [1.54, 1.807) is 0 Å². The van der Waals surface area contributed by atoms with Crippen molar-refractivity contribution in [2.75, 3.05) is 4.90 Å². The quantitative estimate of drug-likeness (QED) is 0.103. The van der Waals surface area contributed by atoms with Crippen LogP contribution >= 0.6 is 0 Å². The van der Waals surface area contributed by atoms with E-state index in [0.717, 1.165) is 30.6 Å². The van der Waals surface area contributed by atoms with E-state index < -0.39 is 5.41 Å². The van der Waals surface area contributed by atoms with Gasteiger partial charge in [0.1, 0.15) is 0 Å². The van der Waals surface area contributed by atoms with E-state index in [0.29, 0.717) is 0 Å². The summed E-state index contributed by atoms with van der Waals surface area (Å²) in [7, 11) is 0. The van der Waals surface area contributed by atoms with E-state index in [2.05, 4.69) is 243 Å². The summed E-state index contributed by atoms with van der Waals surface area (Å²) in [4.78, 5) is 2.52. The minimum absolute atomic E-state index is 0.504. The molecule has 10 aromatic carbocycles. The topological polar surface area (TPSA) is 3.24 Å². The van der Waals surface area contributed by atoms with Crippen LogP contribution in [0.1, 0.15) is 48.4 Å². The summed E-state index contributed by atoms with van der Waals surface area (Å²) in [6.07, 6.45) is 11.9. The Morgan fingerprint density at radius 3 is 1.82 bits per heavy atom. The van der Waals surface area contributed by atoms with E-state index in [1.807, 2.05) is 6.08 Å². The summed E-state index contributed by atoms with van der Waals surface area (Å²) in [5.41, 5.74) is 15.8. The smallest absolute Gasteiger partial charge is 0.0677 e. The van der Waals surface area contributed by atoms with Crippen LogP contribution in [0.2, 0.25) is 0 Å². The summed E-state index contributed by atoms with van der Waals surface area (Å²) >= 11 is 0. The monoisotopic (exact) mass is 843 g/mol. The Morgan fingerprint density at radius 1 is 0.515 bits per heavy atom. The number of fused-ring (bicyclic) bond motifs is 9. The van der Waals surface area contributed by atoms with Crippen LogP contribution in [0.3, 0.4) is 0 Å². The van der Waals surface area contributed by atoms with Crippen molar-refractivity contribution in [3.05, 3.63) is 271 Å². The lowest BCUT2D eigenvalue weighted by Gasteiger charge is -2.36. The number of hydrogen-bond acceptors (Lipinski definition) is 1. The van der Waals surface area contributed by atoms with Crippen molar-refractivity contribution in [3.63, 3.8) is 0 Å². The molecule has 0 fully saturated rings. The number of benzene rings is 10. The summed E-state index contributed by atoms with van der Waals surface area (Å²) in [5, 5.41) is 10.2. The van der Waals surface area contributed by atoms with Gasteiger partial charge in [-0.05, 0) is 155 Å². The Kier molecular flexibility index (Phi) is 9.72. The number of rotatable bonds is 9.